The van der Waals surface area contributed by atoms with Crippen LogP contribution in [0.3, 0.4) is 0 Å². The fourth-order valence-electron chi connectivity index (χ4n) is 7.14. The molecule has 11 nitrogen and oxygen atoms in total. The number of carbonyl (C=O) groups is 2. The van der Waals surface area contributed by atoms with E-state index in [0.717, 1.165) is 51.9 Å². The molecule has 4 aliphatic heterocycles. The molecule has 2 aromatic heterocycles. The Kier molecular flexibility index (Phi) is 7.40. The van der Waals surface area contributed by atoms with E-state index in [2.05, 4.69) is 33.1 Å². The van der Waals surface area contributed by atoms with Gasteiger partial charge in [0.15, 0.2) is 0 Å². The number of amides is 3. The van der Waals surface area contributed by atoms with E-state index in [-0.39, 0.29) is 30.2 Å². The molecule has 0 aliphatic carbocycles. The Bertz CT molecular complexity index is 1560. The largest absolute Gasteiger partial charge is 0.494 e. The number of aromatic amines is 1. The molecule has 1 aromatic carbocycles. The molecule has 3 fully saturated rings. The molecule has 2 bridgehead atoms. The number of morpholine rings is 2. The average Bonchev–Trinajstić information content (AvgIpc) is 3.54. The molecular weight excluding hydrogens is 562 g/mol. The van der Waals surface area contributed by atoms with Crippen molar-refractivity contribution in [3.05, 3.63) is 47.3 Å². The number of pyridine rings is 1. The van der Waals surface area contributed by atoms with Crippen molar-refractivity contribution in [3.63, 3.8) is 0 Å². The highest BCUT2D eigenvalue weighted by Crippen LogP contribution is 2.39. The number of urea groups is 1. The third-order valence-corrected chi connectivity index (χ3v) is 9.27. The van der Waals surface area contributed by atoms with E-state index in [9.17, 15) is 9.59 Å². The Balaban J connectivity index is 1.29. The van der Waals surface area contributed by atoms with Gasteiger partial charge in [-0.05, 0) is 74.4 Å². The number of rotatable bonds is 3. The molecule has 6 heterocycles. The predicted octanol–water partition coefficient (Wildman–Crippen LogP) is 4.89. The Morgan fingerprint density at radius 2 is 1.82 bits per heavy atom. The summed E-state index contributed by atoms with van der Waals surface area (Å²) in [6.07, 6.45) is 6.00. The summed E-state index contributed by atoms with van der Waals surface area (Å²) in [7, 11) is 1.65. The number of H-pyrrole nitrogens is 1. The van der Waals surface area contributed by atoms with Crippen molar-refractivity contribution in [2.45, 2.75) is 70.3 Å². The van der Waals surface area contributed by atoms with Crippen LogP contribution in [0.1, 0.15) is 56.3 Å². The maximum Gasteiger partial charge on any atom is 0.410 e. The fraction of sp³-hybridized carbons (Fsp3) is 0.545. The van der Waals surface area contributed by atoms with Crippen LogP contribution in [0.15, 0.2) is 30.6 Å². The first-order valence-corrected chi connectivity index (χ1v) is 15.6. The number of hydrogen-bond donors (Lipinski definition) is 1. The van der Waals surface area contributed by atoms with Crippen molar-refractivity contribution < 1.29 is 28.5 Å². The van der Waals surface area contributed by atoms with Crippen LogP contribution in [0.4, 0.5) is 9.59 Å². The molecule has 11 heteroatoms. The number of methoxy groups -OCH3 is 1. The molecule has 3 aromatic rings. The van der Waals surface area contributed by atoms with Gasteiger partial charge in [-0.2, -0.15) is 0 Å². The van der Waals surface area contributed by atoms with E-state index in [0.29, 0.717) is 52.5 Å². The second-order valence-electron chi connectivity index (χ2n) is 13.2. The molecule has 3 saturated heterocycles. The van der Waals surface area contributed by atoms with Crippen LogP contribution in [-0.2, 0) is 27.2 Å². The van der Waals surface area contributed by atoms with Crippen LogP contribution in [0, 0.1) is 0 Å². The van der Waals surface area contributed by atoms with Gasteiger partial charge in [0.1, 0.15) is 17.0 Å². The number of aromatic nitrogens is 2. The molecule has 4 aliphatic rings. The third kappa shape index (κ3) is 5.26. The summed E-state index contributed by atoms with van der Waals surface area (Å²) >= 11 is 0. The zero-order valence-corrected chi connectivity index (χ0v) is 25.9. The normalized spacial score (nSPS) is 23.5. The molecule has 7 rings (SSSR count). The summed E-state index contributed by atoms with van der Waals surface area (Å²) < 4.78 is 23.1. The fourth-order valence-corrected chi connectivity index (χ4v) is 7.14. The number of nitrogens with one attached hydrogen (secondary N) is 1. The second-order valence-corrected chi connectivity index (χ2v) is 13.2. The van der Waals surface area contributed by atoms with Crippen LogP contribution in [0.25, 0.3) is 22.2 Å². The summed E-state index contributed by atoms with van der Waals surface area (Å²) in [4.78, 5) is 41.1. The minimum Gasteiger partial charge on any atom is -0.494 e. The van der Waals surface area contributed by atoms with Crippen LogP contribution in [0.5, 0.6) is 5.75 Å². The van der Waals surface area contributed by atoms with Gasteiger partial charge in [-0.15, -0.1) is 0 Å². The molecule has 44 heavy (non-hydrogen) atoms. The van der Waals surface area contributed by atoms with E-state index in [1.54, 1.807) is 12.0 Å². The van der Waals surface area contributed by atoms with Crippen LogP contribution in [0.2, 0.25) is 0 Å². The highest BCUT2D eigenvalue weighted by Gasteiger charge is 2.43. The van der Waals surface area contributed by atoms with Gasteiger partial charge in [0, 0.05) is 37.6 Å². The van der Waals surface area contributed by atoms with Crippen LogP contribution in [-0.4, -0.2) is 101 Å². The minimum absolute atomic E-state index is 0.0829. The molecule has 1 N–H and O–H groups in total. The molecule has 3 atom stereocenters. The summed E-state index contributed by atoms with van der Waals surface area (Å²) in [5.74, 6) is 0.732. The minimum atomic E-state index is -0.626. The molecule has 0 spiro atoms. The molecule has 3 amide bonds. The van der Waals surface area contributed by atoms with Gasteiger partial charge in [-0.25, -0.2) is 14.6 Å². The zero-order chi connectivity index (χ0) is 30.6. The number of ether oxygens (including phenoxy) is 4. The van der Waals surface area contributed by atoms with Crippen molar-refractivity contribution >= 4 is 23.2 Å². The summed E-state index contributed by atoms with van der Waals surface area (Å²) in [5, 5.41) is 0.901. The van der Waals surface area contributed by atoms with Gasteiger partial charge < -0.3 is 33.7 Å². The molecule has 0 radical (unpaired) electrons. The van der Waals surface area contributed by atoms with E-state index in [4.69, 9.17) is 18.9 Å². The molecule has 0 saturated carbocycles. The lowest BCUT2D eigenvalue weighted by atomic mass is 9.87. The number of carbonyl (C=O) groups excluding carboxylic acids is 2. The van der Waals surface area contributed by atoms with E-state index in [1.165, 1.54) is 5.56 Å². The first-order valence-electron chi connectivity index (χ1n) is 15.6. The first kappa shape index (κ1) is 28.9. The lowest BCUT2D eigenvalue weighted by Crippen LogP contribution is -2.55. The van der Waals surface area contributed by atoms with E-state index < -0.39 is 5.60 Å². The Labute approximate surface area is 257 Å². The van der Waals surface area contributed by atoms with Crippen molar-refractivity contribution in [1.82, 2.24) is 24.7 Å². The van der Waals surface area contributed by atoms with Crippen molar-refractivity contribution in [3.8, 4) is 16.9 Å². The Morgan fingerprint density at radius 1 is 1.02 bits per heavy atom. The summed E-state index contributed by atoms with van der Waals surface area (Å²) in [5.41, 5.74) is 5.30. The summed E-state index contributed by atoms with van der Waals surface area (Å²) in [6, 6.07) is 6.45. The number of hydrogen-bond acceptors (Lipinski definition) is 7. The van der Waals surface area contributed by atoms with Gasteiger partial charge in [0.25, 0.3) is 0 Å². The quantitative estimate of drug-likeness (QED) is 0.454. The third-order valence-electron chi connectivity index (χ3n) is 9.27. The van der Waals surface area contributed by atoms with Gasteiger partial charge in [0.05, 0.1) is 57.0 Å². The topological polar surface area (TPSA) is 109 Å². The van der Waals surface area contributed by atoms with E-state index in [1.807, 2.05) is 38.1 Å². The maximum atomic E-state index is 14.0. The van der Waals surface area contributed by atoms with Crippen molar-refractivity contribution in [2.24, 2.45) is 0 Å². The highest BCUT2D eigenvalue weighted by molar-refractivity contribution is 5.87. The standard InChI is InChI=1S/C33H41N5O6/c1-33(2,3)44-32(40)37-9-10-42-19-28(37)25-12-21(22-13-26-29(41-4)15-35-30(26)34-14-22)11-20-7-8-36(16-27(20)25)31(39)38-23-5-6-24(38)18-43-17-23/h11-15,23-24,28H,5-10,16-19H2,1-4H3,(H,34,35)/t23?,24?,28-/m0/s1. The predicted molar refractivity (Wildman–Crippen MR) is 164 cm³/mol. The van der Waals surface area contributed by atoms with Gasteiger partial charge in [-0.3, -0.25) is 4.90 Å². The molecular formula is C33H41N5O6. The number of nitrogens with zero attached hydrogens (tertiary/aromatic N) is 4. The van der Waals surface area contributed by atoms with Crippen molar-refractivity contribution in [2.75, 3.05) is 46.6 Å². The number of benzene rings is 1. The highest BCUT2D eigenvalue weighted by atomic mass is 16.6. The molecule has 234 valence electrons. The first-order chi connectivity index (χ1) is 21.2. The smallest absolute Gasteiger partial charge is 0.410 e. The zero-order valence-electron chi connectivity index (χ0n) is 25.9. The van der Waals surface area contributed by atoms with Gasteiger partial charge in [0.2, 0.25) is 0 Å². The lowest BCUT2D eigenvalue weighted by Gasteiger charge is -2.42. The Hall–Kier alpha value is -3.83. The van der Waals surface area contributed by atoms with Crippen LogP contribution < -0.4 is 4.74 Å². The van der Waals surface area contributed by atoms with Crippen molar-refractivity contribution in [1.29, 1.82) is 0 Å². The van der Waals surface area contributed by atoms with E-state index >= 15 is 0 Å². The van der Waals surface area contributed by atoms with Gasteiger partial charge >= 0.3 is 12.1 Å². The molecule has 2 unspecified atom stereocenters. The van der Waals surface area contributed by atoms with Gasteiger partial charge in [-0.1, -0.05) is 6.07 Å². The number of fused-ring (bicyclic) bond motifs is 4. The lowest BCUT2D eigenvalue weighted by molar-refractivity contribution is -0.0335. The monoisotopic (exact) mass is 603 g/mol. The Morgan fingerprint density at radius 3 is 2.57 bits per heavy atom. The van der Waals surface area contributed by atoms with Crippen LogP contribution >= 0.6 is 0 Å². The SMILES string of the molecule is COc1c[nH]c2ncc(-c3cc4c(c([C@@H]5COCCN5C(=O)OC(C)(C)C)c3)CN(C(=O)N3C5CCC3COC5)CC4)cc12. The second kappa shape index (κ2) is 11.3. The average molecular weight is 604 g/mol. The summed E-state index contributed by atoms with van der Waals surface area (Å²) in [6.45, 7) is 9.16. The maximum absolute atomic E-state index is 14.0.